The SMILES string of the molecule is CCC(Sc1nnc(C)s1)C(=O)Nc1ccc(S(=O)(=O)Nc2nccc(C)n2)cc1. The Hall–Kier alpha value is -2.57. The fourth-order valence-corrected chi connectivity index (χ4v) is 5.32. The maximum Gasteiger partial charge on any atom is 0.264 e. The van der Waals surface area contributed by atoms with E-state index in [-0.39, 0.29) is 22.0 Å². The van der Waals surface area contributed by atoms with Gasteiger partial charge in [-0.05, 0) is 50.6 Å². The molecule has 3 aromatic rings. The quantitative estimate of drug-likeness (QED) is 0.486. The molecule has 0 spiro atoms. The van der Waals surface area contributed by atoms with Crippen LogP contribution in [0, 0.1) is 13.8 Å². The van der Waals surface area contributed by atoms with Gasteiger partial charge < -0.3 is 5.32 Å². The van der Waals surface area contributed by atoms with Crippen molar-refractivity contribution in [2.24, 2.45) is 0 Å². The minimum absolute atomic E-state index is 0.00195. The lowest BCUT2D eigenvalue weighted by atomic mass is 10.3. The van der Waals surface area contributed by atoms with Crippen LogP contribution in [0.15, 0.2) is 45.8 Å². The molecule has 2 N–H and O–H groups in total. The van der Waals surface area contributed by atoms with Gasteiger partial charge >= 0.3 is 0 Å². The Kier molecular flexibility index (Phi) is 7.00. The van der Waals surface area contributed by atoms with E-state index in [4.69, 9.17) is 0 Å². The summed E-state index contributed by atoms with van der Waals surface area (Å²) < 4.78 is 28.1. The summed E-state index contributed by atoms with van der Waals surface area (Å²) in [5.74, 6) is -0.181. The highest BCUT2D eigenvalue weighted by Crippen LogP contribution is 2.29. The molecule has 1 amide bonds. The van der Waals surface area contributed by atoms with Gasteiger partial charge in [0.2, 0.25) is 11.9 Å². The lowest BCUT2D eigenvalue weighted by Crippen LogP contribution is -2.24. The number of aryl methyl sites for hydroxylation is 2. The number of sulfonamides is 1. The highest BCUT2D eigenvalue weighted by molar-refractivity contribution is 8.02. The standard InChI is InChI=1S/C18H20N6O3S3/c1-4-15(29-18-23-22-12(3)28-18)16(25)21-13-5-7-14(8-6-13)30(26,27)24-17-19-10-9-11(2)20-17/h5-10,15H,4H2,1-3H3,(H,21,25)(H,19,20,24). The number of carbonyl (C=O) groups excluding carboxylic acids is 1. The second-order valence-electron chi connectivity index (χ2n) is 6.24. The molecule has 30 heavy (non-hydrogen) atoms. The van der Waals surface area contributed by atoms with Crippen LogP contribution in [0.5, 0.6) is 0 Å². The number of anilines is 2. The van der Waals surface area contributed by atoms with Gasteiger partial charge in [0.15, 0.2) is 4.34 Å². The van der Waals surface area contributed by atoms with Crippen LogP contribution in [-0.4, -0.2) is 39.7 Å². The van der Waals surface area contributed by atoms with E-state index in [2.05, 4.69) is 30.2 Å². The number of amides is 1. The van der Waals surface area contributed by atoms with Gasteiger partial charge in [-0.25, -0.2) is 23.1 Å². The molecule has 0 saturated carbocycles. The summed E-state index contributed by atoms with van der Waals surface area (Å²) in [6.45, 7) is 5.52. The van der Waals surface area contributed by atoms with Gasteiger partial charge in [-0.1, -0.05) is 30.0 Å². The first-order valence-corrected chi connectivity index (χ1v) is 12.1. The van der Waals surface area contributed by atoms with E-state index in [1.165, 1.54) is 53.6 Å². The highest BCUT2D eigenvalue weighted by Gasteiger charge is 2.21. The minimum Gasteiger partial charge on any atom is -0.325 e. The van der Waals surface area contributed by atoms with E-state index < -0.39 is 10.0 Å². The molecule has 0 saturated heterocycles. The average Bonchev–Trinajstić information content (AvgIpc) is 3.11. The third-order valence-corrected chi connectivity index (χ3v) is 7.50. The molecular formula is C18H20N6O3S3. The van der Waals surface area contributed by atoms with E-state index in [1.807, 2.05) is 13.8 Å². The first-order chi connectivity index (χ1) is 14.3. The molecule has 0 radical (unpaired) electrons. The summed E-state index contributed by atoms with van der Waals surface area (Å²) in [7, 11) is -3.84. The van der Waals surface area contributed by atoms with Crippen molar-refractivity contribution in [3.63, 3.8) is 0 Å². The second-order valence-corrected chi connectivity index (χ2v) is 10.6. The Bertz CT molecular complexity index is 1130. The van der Waals surface area contributed by atoms with Gasteiger partial charge in [0, 0.05) is 17.6 Å². The molecule has 0 fully saturated rings. The number of benzene rings is 1. The Labute approximate surface area is 182 Å². The number of hydrogen-bond donors (Lipinski definition) is 2. The van der Waals surface area contributed by atoms with Gasteiger partial charge in [0.25, 0.3) is 10.0 Å². The normalized spacial score (nSPS) is 12.4. The van der Waals surface area contributed by atoms with E-state index in [0.29, 0.717) is 17.8 Å². The number of hydrogen-bond acceptors (Lipinski definition) is 9. The van der Waals surface area contributed by atoms with Gasteiger partial charge in [-0.2, -0.15) is 0 Å². The van der Waals surface area contributed by atoms with Crippen molar-refractivity contribution in [1.82, 2.24) is 20.2 Å². The third kappa shape index (κ3) is 5.74. The van der Waals surface area contributed by atoms with Crippen molar-refractivity contribution in [2.75, 3.05) is 10.0 Å². The van der Waals surface area contributed by atoms with Crippen molar-refractivity contribution in [3.8, 4) is 0 Å². The summed E-state index contributed by atoms with van der Waals surface area (Å²) in [6.07, 6.45) is 2.09. The van der Waals surface area contributed by atoms with Crippen LogP contribution in [0.25, 0.3) is 0 Å². The van der Waals surface area contributed by atoms with Gasteiger partial charge in [-0.15, -0.1) is 10.2 Å². The van der Waals surface area contributed by atoms with Crippen LogP contribution < -0.4 is 10.0 Å². The zero-order valence-corrected chi connectivity index (χ0v) is 18.9. The first kappa shape index (κ1) is 22.1. The summed E-state index contributed by atoms with van der Waals surface area (Å²) >= 11 is 2.80. The van der Waals surface area contributed by atoms with Gasteiger partial charge in [0.05, 0.1) is 10.1 Å². The third-order valence-electron chi connectivity index (χ3n) is 3.87. The molecule has 12 heteroatoms. The van der Waals surface area contributed by atoms with Gasteiger partial charge in [-0.3, -0.25) is 4.79 Å². The fourth-order valence-electron chi connectivity index (χ4n) is 2.39. The number of rotatable bonds is 8. The molecule has 0 aliphatic carbocycles. The molecule has 1 atom stereocenters. The van der Waals surface area contributed by atoms with Crippen LogP contribution in [0.1, 0.15) is 24.0 Å². The molecular weight excluding hydrogens is 444 g/mol. The predicted octanol–water partition coefficient (Wildman–Crippen LogP) is 3.26. The summed E-state index contributed by atoms with van der Waals surface area (Å²) in [5, 5.41) is 11.3. The monoisotopic (exact) mass is 464 g/mol. The maximum atomic E-state index is 12.6. The molecule has 158 valence electrons. The number of nitrogens with zero attached hydrogens (tertiary/aromatic N) is 4. The molecule has 9 nitrogen and oxygen atoms in total. The second kappa shape index (κ2) is 9.49. The molecule has 0 aliphatic rings. The average molecular weight is 465 g/mol. The van der Waals surface area contributed by atoms with Gasteiger partial charge in [0.1, 0.15) is 5.01 Å². The molecule has 1 unspecified atom stereocenters. The van der Waals surface area contributed by atoms with Crippen LogP contribution in [0.2, 0.25) is 0 Å². The first-order valence-electron chi connectivity index (χ1n) is 8.97. The fraction of sp³-hybridized carbons (Fsp3) is 0.278. The molecule has 2 aromatic heterocycles. The van der Waals surface area contributed by atoms with Crippen LogP contribution >= 0.6 is 23.1 Å². The number of nitrogens with one attached hydrogen (secondary N) is 2. The Morgan fingerprint density at radius 3 is 2.50 bits per heavy atom. The molecule has 0 aliphatic heterocycles. The summed E-state index contributed by atoms with van der Waals surface area (Å²) in [4.78, 5) is 20.6. The summed E-state index contributed by atoms with van der Waals surface area (Å²) in [5.41, 5.74) is 1.14. The molecule has 1 aromatic carbocycles. The van der Waals surface area contributed by atoms with E-state index >= 15 is 0 Å². The van der Waals surface area contributed by atoms with Crippen molar-refractivity contribution in [3.05, 3.63) is 47.2 Å². The van der Waals surface area contributed by atoms with Crippen LogP contribution in [-0.2, 0) is 14.8 Å². The largest absolute Gasteiger partial charge is 0.325 e. The molecule has 2 heterocycles. The topological polar surface area (TPSA) is 127 Å². The minimum atomic E-state index is -3.84. The Morgan fingerprint density at radius 1 is 1.17 bits per heavy atom. The lowest BCUT2D eigenvalue weighted by Gasteiger charge is -2.13. The number of thioether (sulfide) groups is 1. The highest BCUT2D eigenvalue weighted by atomic mass is 32.2. The predicted molar refractivity (Wildman–Crippen MR) is 117 cm³/mol. The Balaban J connectivity index is 1.66. The smallest absolute Gasteiger partial charge is 0.264 e. The van der Waals surface area contributed by atoms with E-state index in [0.717, 1.165) is 9.35 Å². The molecule has 0 bridgehead atoms. The maximum absolute atomic E-state index is 12.6. The van der Waals surface area contributed by atoms with E-state index in [9.17, 15) is 13.2 Å². The number of aromatic nitrogens is 4. The van der Waals surface area contributed by atoms with Crippen molar-refractivity contribution in [1.29, 1.82) is 0 Å². The zero-order chi connectivity index (χ0) is 21.7. The van der Waals surface area contributed by atoms with Crippen LogP contribution in [0.3, 0.4) is 0 Å². The van der Waals surface area contributed by atoms with E-state index in [1.54, 1.807) is 13.0 Å². The molecule has 3 rings (SSSR count). The Morgan fingerprint density at radius 2 is 1.90 bits per heavy atom. The summed E-state index contributed by atoms with van der Waals surface area (Å²) in [6, 6.07) is 7.57. The lowest BCUT2D eigenvalue weighted by molar-refractivity contribution is -0.115. The number of carbonyl (C=O) groups is 1. The zero-order valence-electron chi connectivity index (χ0n) is 16.5. The van der Waals surface area contributed by atoms with Crippen molar-refractivity contribution in [2.45, 2.75) is 41.7 Å². The van der Waals surface area contributed by atoms with Crippen LogP contribution in [0.4, 0.5) is 11.6 Å². The van der Waals surface area contributed by atoms with Crippen molar-refractivity contribution < 1.29 is 13.2 Å². The van der Waals surface area contributed by atoms with Crippen molar-refractivity contribution >= 4 is 50.7 Å².